The van der Waals surface area contributed by atoms with Crippen molar-refractivity contribution >= 4 is 11.4 Å². The molecule has 1 aliphatic carbocycles. The molecule has 0 saturated carbocycles. The van der Waals surface area contributed by atoms with Crippen molar-refractivity contribution in [3.8, 4) is 82.9 Å². The lowest BCUT2D eigenvalue weighted by molar-refractivity contribution is -0.110. The number of Topliss-reactive ketones (excluding diaryl/α,β-unsaturated/α-hetero) is 1. The number of hydrogen-bond donors (Lipinski definition) is 0. The van der Waals surface area contributed by atoms with Gasteiger partial charge < -0.3 is 0 Å². The van der Waals surface area contributed by atoms with Gasteiger partial charge in [0.25, 0.3) is 0 Å². The summed E-state index contributed by atoms with van der Waals surface area (Å²) in [5.41, 5.74) is 3.33. The molecular weight excluding hydrogens is 701 g/mol. The van der Waals surface area contributed by atoms with Gasteiger partial charge in [-0.25, -0.2) is 0 Å². The van der Waals surface area contributed by atoms with Crippen LogP contribution < -0.4 is 0 Å². The van der Waals surface area contributed by atoms with Crippen molar-refractivity contribution in [2.75, 3.05) is 0 Å². The van der Waals surface area contributed by atoms with Crippen molar-refractivity contribution in [2.24, 2.45) is 37.9 Å². The Balaban J connectivity index is 3.93. The van der Waals surface area contributed by atoms with Gasteiger partial charge in [-0.05, 0) is 156 Å². The third kappa shape index (κ3) is 15.6. The number of rotatable bonds is 1. The second kappa shape index (κ2) is 16.9. The molecule has 0 heterocycles. The molecule has 0 bridgehead atoms. The number of carbonyl (C=O) groups is 1. The zero-order valence-corrected chi connectivity index (χ0v) is 40.9. The highest BCUT2D eigenvalue weighted by molar-refractivity contribution is 6.37. The standard InChI is InChI=1S/C57H72O/c1-50(2,3)32-25-39-40(26-33-51(4,5)6)44(30-37-55(16,17)18)48(57(22,23)24)46(42(39)28-35-53(10,11)12)47-43(29-36-54(13,14)15)41(27-34-52(7,8)9)45(49(47)58)31-38-56(19,20)21/h1-24H3. The second-order valence-electron chi connectivity index (χ2n) is 23.8. The average Bonchev–Trinajstić information content (AvgIpc) is 3.23. The molecule has 0 fully saturated rings. The molecule has 1 nitrogen and oxygen atoms in total. The van der Waals surface area contributed by atoms with E-state index in [0.29, 0.717) is 39.0 Å². The van der Waals surface area contributed by atoms with Gasteiger partial charge in [-0.2, -0.15) is 0 Å². The molecule has 0 atom stereocenters. The molecule has 306 valence electrons. The Bertz CT molecular complexity index is 2360. The lowest BCUT2D eigenvalue weighted by Gasteiger charge is -2.29. The molecular formula is C57H72O. The molecule has 0 spiro atoms. The molecule has 0 N–H and O–H groups in total. The monoisotopic (exact) mass is 773 g/mol. The molecule has 58 heavy (non-hydrogen) atoms. The van der Waals surface area contributed by atoms with Gasteiger partial charge >= 0.3 is 0 Å². The second-order valence-corrected chi connectivity index (χ2v) is 23.8. The van der Waals surface area contributed by atoms with E-state index in [4.69, 9.17) is 0 Å². The Kier molecular flexibility index (Phi) is 14.4. The van der Waals surface area contributed by atoms with Crippen molar-refractivity contribution in [1.82, 2.24) is 0 Å². The fourth-order valence-electron chi connectivity index (χ4n) is 5.21. The van der Waals surface area contributed by atoms with Gasteiger partial charge in [0.05, 0.1) is 27.8 Å². The lowest BCUT2D eigenvalue weighted by atomic mass is 9.72. The molecule has 1 aliphatic rings. The van der Waals surface area contributed by atoms with Gasteiger partial charge in [-0.1, -0.05) is 104 Å². The van der Waals surface area contributed by atoms with E-state index in [1.165, 1.54) is 0 Å². The van der Waals surface area contributed by atoms with Crippen LogP contribution in [0.15, 0.2) is 16.7 Å². The van der Waals surface area contributed by atoms with Crippen LogP contribution in [0.4, 0.5) is 0 Å². The Morgan fingerprint density at radius 3 is 0.879 bits per heavy atom. The quantitative estimate of drug-likeness (QED) is 0.260. The van der Waals surface area contributed by atoms with E-state index >= 15 is 4.79 Å². The minimum atomic E-state index is -0.545. The first-order valence-corrected chi connectivity index (χ1v) is 20.7. The summed E-state index contributed by atoms with van der Waals surface area (Å²) in [5.74, 6) is 49.1. The first-order chi connectivity index (χ1) is 25.7. The van der Waals surface area contributed by atoms with E-state index in [0.717, 1.165) is 16.7 Å². The van der Waals surface area contributed by atoms with Crippen LogP contribution in [0.5, 0.6) is 0 Å². The predicted octanol–water partition coefficient (Wildman–Crippen LogP) is 13.4. The first kappa shape index (κ1) is 49.4. The van der Waals surface area contributed by atoms with Crippen LogP contribution in [0.25, 0.3) is 5.57 Å². The smallest absolute Gasteiger partial charge is 0.204 e. The third-order valence-corrected chi connectivity index (χ3v) is 7.64. The average molecular weight is 773 g/mol. The maximum Gasteiger partial charge on any atom is 0.204 e. The minimum absolute atomic E-state index is 0.213. The van der Waals surface area contributed by atoms with E-state index in [1.54, 1.807) is 0 Å². The summed E-state index contributed by atoms with van der Waals surface area (Å²) in [6.07, 6.45) is 0. The number of carbonyl (C=O) groups excluding carboxylic acids is 1. The van der Waals surface area contributed by atoms with Gasteiger partial charge in [-0.3, -0.25) is 4.79 Å². The van der Waals surface area contributed by atoms with Crippen molar-refractivity contribution in [3.05, 3.63) is 50.1 Å². The van der Waals surface area contributed by atoms with Gasteiger partial charge in [0.15, 0.2) is 0 Å². The fourth-order valence-corrected chi connectivity index (χ4v) is 5.21. The molecule has 0 saturated heterocycles. The Morgan fingerprint density at radius 2 is 0.552 bits per heavy atom. The maximum atomic E-state index is 15.6. The van der Waals surface area contributed by atoms with Gasteiger partial charge in [-0.15, -0.1) is 0 Å². The van der Waals surface area contributed by atoms with Crippen molar-refractivity contribution in [2.45, 2.75) is 172 Å². The summed E-state index contributed by atoms with van der Waals surface area (Å²) in [4.78, 5) is 15.6. The largest absolute Gasteiger partial charge is 0.288 e. The SMILES string of the molecule is CC(C)(C)C#CC1=C(C#CC(C)(C)C)C(C#CC(C)(C)C)=C(c2c(C#CC(C)(C)C)c(C#CC(C)(C)C)c(C#CC(C)(C)C)c(C#CC(C)(C)C)c2C(C)(C)C)C1=O. The normalized spacial score (nSPS) is 13.8. The van der Waals surface area contributed by atoms with Crippen molar-refractivity contribution in [1.29, 1.82) is 0 Å². The molecule has 0 amide bonds. The summed E-state index contributed by atoms with van der Waals surface area (Å²) < 4.78 is 0. The van der Waals surface area contributed by atoms with E-state index in [9.17, 15) is 0 Å². The summed E-state index contributed by atoms with van der Waals surface area (Å²) in [6, 6.07) is 0. The number of ketones is 1. The molecule has 0 unspecified atom stereocenters. The van der Waals surface area contributed by atoms with Gasteiger partial charge in [0, 0.05) is 60.2 Å². The van der Waals surface area contributed by atoms with Crippen LogP contribution in [0.2, 0.25) is 0 Å². The molecule has 0 aromatic heterocycles. The van der Waals surface area contributed by atoms with Crippen molar-refractivity contribution < 1.29 is 4.79 Å². The predicted molar refractivity (Wildman–Crippen MR) is 251 cm³/mol. The molecule has 1 aromatic carbocycles. The number of allylic oxidation sites excluding steroid dienone is 4. The van der Waals surface area contributed by atoms with Gasteiger partial charge in [0.1, 0.15) is 0 Å². The molecule has 2 rings (SSSR count). The van der Waals surface area contributed by atoms with Crippen LogP contribution in [0, 0.1) is 121 Å². The van der Waals surface area contributed by atoms with Crippen LogP contribution in [-0.4, -0.2) is 5.78 Å². The molecule has 1 aromatic rings. The number of benzene rings is 1. The highest BCUT2D eigenvalue weighted by Gasteiger charge is 2.39. The Labute approximate surface area is 357 Å². The molecule has 0 aliphatic heterocycles. The fraction of sp³-hybridized carbons (Fsp3) is 0.561. The highest BCUT2D eigenvalue weighted by atomic mass is 16.1. The van der Waals surface area contributed by atoms with E-state index < -0.39 is 5.41 Å². The maximum absolute atomic E-state index is 15.6. The number of hydrogen-bond acceptors (Lipinski definition) is 1. The highest BCUT2D eigenvalue weighted by Crippen LogP contribution is 2.45. The van der Waals surface area contributed by atoms with Gasteiger partial charge in [0.2, 0.25) is 5.78 Å². The third-order valence-electron chi connectivity index (χ3n) is 7.64. The van der Waals surface area contributed by atoms with E-state index in [2.05, 4.69) is 228 Å². The van der Waals surface area contributed by atoms with E-state index in [-0.39, 0.29) is 43.7 Å². The summed E-state index contributed by atoms with van der Waals surface area (Å²) in [7, 11) is 0. The van der Waals surface area contributed by atoms with Crippen molar-refractivity contribution in [3.63, 3.8) is 0 Å². The van der Waals surface area contributed by atoms with Crippen LogP contribution in [0.3, 0.4) is 0 Å². The zero-order chi connectivity index (χ0) is 45.3. The Hall–Kier alpha value is -4.71. The molecule has 0 radical (unpaired) electrons. The minimum Gasteiger partial charge on any atom is -0.288 e. The van der Waals surface area contributed by atoms with E-state index in [1.807, 2.05) is 20.8 Å². The summed E-state index contributed by atoms with van der Waals surface area (Å²) in [6.45, 7) is 50.3. The summed E-state index contributed by atoms with van der Waals surface area (Å²) in [5, 5.41) is 0. The zero-order valence-electron chi connectivity index (χ0n) is 40.9. The summed E-state index contributed by atoms with van der Waals surface area (Å²) >= 11 is 0. The van der Waals surface area contributed by atoms with Crippen LogP contribution in [0.1, 0.15) is 200 Å². The lowest BCUT2D eigenvalue weighted by Crippen LogP contribution is -2.22. The molecule has 1 heteroatoms. The topological polar surface area (TPSA) is 17.1 Å². The van der Waals surface area contributed by atoms with Crippen LogP contribution >= 0.6 is 0 Å². The first-order valence-electron chi connectivity index (χ1n) is 20.7. The van der Waals surface area contributed by atoms with Crippen LogP contribution in [-0.2, 0) is 10.2 Å². The Morgan fingerprint density at radius 1 is 0.293 bits per heavy atom.